The number of sulfonamides is 1. The van der Waals surface area contributed by atoms with E-state index in [9.17, 15) is 41.6 Å². The molecule has 0 radical (unpaired) electrons. The Morgan fingerprint density at radius 2 is 1.84 bits per heavy atom. The average molecular weight is 813 g/mol. The predicted octanol–water partition coefficient (Wildman–Crippen LogP) is 4.31. The summed E-state index contributed by atoms with van der Waals surface area (Å²) < 4.78 is 54.1. The molecule has 1 aromatic carbocycles. The molecule has 6 rings (SSSR count). The molecule has 57 heavy (non-hydrogen) atoms. The summed E-state index contributed by atoms with van der Waals surface area (Å²) in [5.74, 6) is -4.87. The van der Waals surface area contributed by atoms with Crippen molar-refractivity contribution in [1.82, 2.24) is 19.4 Å². The molecule has 310 valence electrons. The summed E-state index contributed by atoms with van der Waals surface area (Å²) in [6, 6.07) is 2.86. The summed E-state index contributed by atoms with van der Waals surface area (Å²) >= 11 is 0. The monoisotopic (exact) mass is 812 g/mol. The number of allylic oxidation sites excluding steroid dienone is 2. The molecule has 1 N–H and O–H groups in total. The van der Waals surface area contributed by atoms with Crippen LogP contribution in [0.2, 0.25) is 0 Å². The van der Waals surface area contributed by atoms with Gasteiger partial charge in [-0.2, -0.15) is 0 Å². The number of halogens is 1. The van der Waals surface area contributed by atoms with Gasteiger partial charge >= 0.3 is 12.1 Å². The third kappa shape index (κ3) is 9.58. The number of ketones is 1. The molecule has 6 atom stereocenters. The molecule has 3 aliphatic heterocycles. The smallest absolute Gasteiger partial charge is 0.410 e. The minimum Gasteiger partial charge on any atom is -0.460 e. The third-order valence-electron chi connectivity index (χ3n) is 11.7. The van der Waals surface area contributed by atoms with E-state index in [1.165, 1.54) is 26.8 Å². The average Bonchev–Trinajstić information content (AvgIpc) is 4.02. The maximum Gasteiger partial charge on any atom is 0.410 e. The van der Waals surface area contributed by atoms with Gasteiger partial charge in [0, 0.05) is 38.0 Å². The number of amides is 4. The van der Waals surface area contributed by atoms with Gasteiger partial charge in [0.15, 0.2) is 5.78 Å². The molecule has 3 unspecified atom stereocenters. The molecular weight excluding hydrogens is 760 g/mol. The van der Waals surface area contributed by atoms with Gasteiger partial charge < -0.3 is 19.3 Å². The number of nitrogens with zero attached hydrogens (tertiary/aromatic N) is 3. The van der Waals surface area contributed by atoms with Crippen LogP contribution in [0.15, 0.2) is 43.0 Å². The van der Waals surface area contributed by atoms with E-state index in [1.54, 1.807) is 40.0 Å². The Balaban J connectivity index is 1.32. The highest BCUT2D eigenvalue weighted by Gasteiger charge is 2.61. The molecular formula is C41H53FN4O10S. The molecule has 2 aliphatic carbocycles. The number of ether oxygens (including phenoxy) is 2. The summed E-state index contributed by atoms with van der Waals surface area (Å²) in [7, 11) is -2.34. The van der Waals surface area contributed by atoms with Crippen molar-refractivity contribution in [1.29, 1.82) is 0 Å². The van der Waals surface area contributed by atoms with Gasteiger partial charge in [-0.25, -0.2) is 17.6 Å². The number of benzene rings is 1. The summed E-state index contributed by atoms with van der Waals surface area (Å²) in [5, 5.41) is -0.664. The number of Topliss-reactive ketones (excluding diaryl/α,β-unsaturated/α-hetero) is 1. The fourth-order valence-electron chi connectivity index (χ4n) is 8.35. The van der Waals surface area contributed by atoms with Crippen LogP contribution in [-0.2, 0) is 56.6 Å². The number of esters is 1. The predicted molar refractivity (Wildman–Crippen MR) is 205 cm³/mol. The molecule has 4 amide bonds. The Morgan fingerprint density at radius 1 is 1.11 bits per heavy atom. The van der Waals surface area contributed by atoms with Crippen LogP contribution in [0.4, 0.5) is 9.18 Å². The van der Waals surface area contributed by atoms with E-state index in [0.717, 1.165) is 0 Å². The fourth-order valence-corrected chi connectivity index (χ4v) is 9.74. The van der Waals surface area contributed by atoms with Gasteiger partial charge in [-0.05, 0) is 89.3 Å². The summed E-state index contributed by atoms with van der Waals surface area (Å²) in [6.45, 7) is 8.57. The third-order valence-corrected chi connectivity index (χ3v) is 13.5. The van der Waals surface area contributed by atoms with Gasteiger partial charge in [0.2, 0.25) is 27.7 Å². The van der Waals surface area contributed by atoms with Gasteiger partial charge in [0.1, 0.15) is 17.5 Å². The molecule has 1 saturated heterocycles. The van der Waals surface area contributed by atoms with Crippen molar-refractivity contribution in [2.75, 3.05) is 13.6 Å². The van der Waals surface area contributed by atoms with Gasteiger partial charge in [0.25, 0.3) is 0 Å². The van der Waals surface area contributed by atoms with Crippen molar-refractivity contribution >= 4 is 45.6 Å². The van der Waals surface area contributed by atoms with Crippen LogP contribution in [0.25, 0.3) is 0 Å². The number of hydrogen-bond acceptors (Lipinski definition) is 10. The lowest BCUT2D eigenvalue weighted by molar-refractivity contribution is -0.159. The second-order valence-electron chi connectivity index (χ2n) is 17.2. The second-order valence-corrected chi connectivity index (χ2v) is 19.1. The van der Waals surface area contributed by atoms with Crippen LogP contribution >= 0.6 is 0 Å². The molecule has 16 heteroatoms. The molecule has 2 saturated carbocycles. The zero-order chi connectivity index (χ0) is 41.4. The minimum atomic E-state index is -3.93. The van der Waals surface area contributed by atoms with Crippen LogP contribution in [0, 0.1) is 23.1 Å². The second kappa shape index (κ2) is 16.3. The van der Waals surface area contributed by atoms with E-state index < -0.39 is 91.8 Å². The van der Waals surface area contributed by atoms with Crippen molar-refractivity contribution in [2.24, 2.45) is 17.3 Å². The molecule has 5 aliphatic rings. The van der Waals surface area contributed by atoms with Crippen LogP contribution in [0.1, 0.15) is 96.1 Å². The lowest BCUT2D eigenvalue weighted by Gasteiger charge is -2.33. The minimum absolute atomic E-state index is 0.0227. The van der Waals surface area contributed by atoms with E-state index in [0.29, 0.717) is 43.2 Å². The standard InChI is InChI=1S/C41H53FN4O10S/c1-6-35(48)44(5)28-13-9-7-8-12-27-20-41(27,38(51)43-57(53,54)30-15-16-30)21-34(47)33-19-29(55-39(52)45-22-25-11-10-14-32(42)31(25)24-45)23-46(33)37(50)26(17-28)18-36(49)56-40(2,3)4/h6,8,10-12,14,26-30,33H,1,7,9,13,15-24H2,2-5H3,(H,43,51)/b12-8-/t26-,27-,28?,29?,33?,41-/m1/s1. The maximum absolute atomic E-state index is 14.8. The van der Waals surface area contributed by atoms with E-state index in [1.807, 2.05) is 12.2 Å². The van der Waals surface area contributed by atoms with Gasteiger partial charge in [-0.1, -0.05) is 30.9 Å². The van der Waals surface area contributed by atoms with Gasteiger partial charge in [-0.3, -0.25) is 33.6 Å². The van der Waals surface area contributed by atoms with E-state index in [2.05, 4.69) is 11.3 Å². The van der Waals surface area contributed by atoms with Crippen molar-refractivity contribution in [3.8, 4) is 0 Å². The lowest BCUT2D eigenvalue weighted by Crippen LogP contribution is -2.48. The highest BCUT2D eigenvalue weighted by atomic mass is 32.2. The maximum atomic E-state index is 14.8. The number of carbonyl (C=O) groups excluding carboxylic acids is 6. The number of nitrogens with one attached hydrogen (secondary N) is 1. The Kier molecular flexibility index (Phi) is 12.0. The summed E-state index contributed by atoms with van der Waals surface area (Å²) in [4.78, 5) is 87.1. The first-order valence-corrected chi connectivity index (χ1v) is 21.3. The molecule has 3 heterocycles. The highest BCUT2D eigenvalue weighted by Crippen LogP contribution is 2.57. The fraction of sp³-hybridized carbons (Fsp3) is 0.610. The SMILES string of the molecule is C=CC(=O)N(C)C1CCC/C=C\[C@@H]2C[C@@]2(C(=O)NS(=O)(=O)C2CC2)CC(=O)C2CC(OC(=O)N3Cc4cccc(F)c4C3)CN2C(=O)[C@@H](CC(=O)OC(C)(C)C)C1. The van der Waals surface area contributed by atoms with Crippen LogP contribution < -0.4 is 4.72 Å². The normalized spacial score (nSPS) is 28.5. The van der Waals surface area contributed by atoms with Gasteiger partial charge in [-0.15, -0.1) is 0 Å². The van der Waals surface area contributed by atoms with Crippen molar-refractivity contribution in [3.63, 3.8) is 0 Å². The van der Waals surface area contributed by atoms with E-state index in [4.69, 9.17) is 9.47 Å². The largest absolute Gasteiger partial charge is 0.460 e. The molecule has 14 nitrogen and oxygen atoms in total. The molecule has 3 fully saturated rings. The lowest BCUT2D eigenvalue weighted by atomic mass is 9.89. The Hall–Kier alpha value is -4.60. The van der Waals surface area contributed by atoms with Crippen LogP contribution in [0.5, 0.6) is 0 Å². The number of carbonyl (C=O) groups is 6. The number of rotatable bonds is 8. The van der Waals surface area contributed by atoms with E-state index >= 15 is 0 Å². The van der Waals surface area contributed by atoms with Crippen LogP contribution in [-0.4, -0.2) is 101 Å². The zero-order valence-corrected chi connectivity index (χ0v) is 33.9. The molecule has 0 aromatic heterocycles. The van der Waals surface area contributed by atoms with Gasteiger partial charge in [0.05, 0.1) is 42.1 Å². The topological polar surface area (TPSA) is 177 Å². The molecule has 0 bridgehead atoms. The Bertz CT molecular complexity index is 1960. The van der Waals surface area contributed by atoms with Crippen molar-refractivity contribution < 1.29 is 51.0 Å². The zero-order valence-electron chi connectivity index (χ0n) is 33.0. The Labute approximate surface area is 333 Å². The Morgan fingerprint density at radius 3 is 2.51 bits per heavy atom. The molecule has 1 aromatic rings. The first-order chi connectivity index (χ1) is 26.8. The number of likely N-dealkylation sites (N-methyl/N-ethyl adjacent to an activating group) is 1. The quantitative estimate of drug-likeness (QED) is 0.226. The first kappa shape index (κ1) is 42.0. The summed E-state index contributed by atoms with van der Waals surface area (Å²) in [5.41, 5.74) is -1.23. The molecule has 0 spiro atoms. The van der Waals surface area contributed by atoms with E-state index in [-0.39, 0.29) is 57.6 Å². The number of hydrogen-bond donors (Lipinski definition) is 1. The van der Waals surface area contributed by atoms with Crippen molar-refractivity contribution in [3.05, 3.63) is 60.0 Å². The highest BCUT2D eigenvalue weighted by molar-refractivity contribution is 7.90. The van der Waals surface area contributed by atoms with Crippen molar-refractivity contribution in [2.45, 2.75) is 127 Å². The first-order valence-electron chi connectivity index (χ1n) is 19.7. The van der Waals surface area contributed by atoms with Crippen LogP contribution in [0.3, 0.4) is 0 Å². The summed E-state index contributed by atoms with van der Waals surface area (Å²) in [6.07, 6.45) is 4.96. The number of fused-ring (bicyclic) bond motifs is 3.